The Morgan fingerprint density at radius 3 is 2.41 bits per heavy atom. The Labute approximate surface area is 108 Å². The molecule has 0 aromatic heterocycles. The number of rotatable bonds is 7. The standard InChI is InChI=1S/C12H27NO3Si/c1-3-14-12(13,15-4-2)9-8-11(17)7-5-6-10-16-11/h3-10,13H2,1-2,17H3. The van der Waals surface area contributed by atoms with Gasteiger partial charge in [0.2, 0.25) is 5.91 Å². The van der Waals surface area contributed by atoms with Gasteiger partial charge in [0.05, 0.1) is 0 Å². The summed E-state index contributed by atoms with van der Waals surface area (Å²) in [5, 5.41) is 0.0804. The molecule has 0 aromatic rings. The van der Waals surface area contributed by atoms with Gasteiger partial charge in [0, 0.05) is 41.7 Å². The van der Waals surface area contributed by atoms with Crippen molar-refractivity contribution in [3.63, 3.8) is 0 Å². The smallest absolute Gasteiger partial charge is 0.224 e. The van der Waals surface area contributed by atoms with E-state index in [2.05, 4.69) is 0 Å². The molecule has 1 atom stereocenters. The first-order valence-electron chi connectivity index (χ1n) is 6.74. The van der Waals surface area contributed by atoms with Crippen LogP contribution in [0, 0.1) is 0 Å². The van der Waals surface area contributed by atoms with Gasteiger partial charge in [-0.25, -0.2) is 0 Å². The van der Waals surface area contributed by atoms with E-state index in [0.717, 1.165) is 29.7 Å². The third-order valence-electron chi connectivity index (χ3n) is 3.33. The van der Waals surface area contributed by atoms with Gasteiger partial charge in [0.15, 0.2) is 0 Å². The fourth-order valence-corrected chi connectivity index (χ4v) is 3.11. The van der Waals surface area contributed by atoms with Crippen LogP contribution in [0.4, 0.5) is 0 Å². The molecule has 1 fully saturated rings. The maximum absolute atomic E-state index is 6.11. The van der Waals surface area contributed by atoms with E-state index in [9.17, 15) is 0 Å². The van der Waals surface area contributed by atoms with Crippen LogP contribution < -0.4 is 5.73 Å². The molecular formula is C12H27NO3Si. The maximum Gasteiger partial charge on any atom is 0.224 e. The minimum Gasteiger partial charge on any atom is -0.380 e. The van der Waals surface area contributed by atoms with Crippen LogP contribution in [0.25, 0.3) is 0 Å². The molecular weight excluding hydrogens is 234 g/mol. The summed E-state index contributed by atoms with van der Waals surface area (Å²) in [6.07, 6.45) is 5.26. The van der Waals surface area contributed by atoms with Crippen molar-refractivity contribution in [1.82, 2.24) is 0 Å². The fourth-order valence-electron chi connectivity index (χ4n) is 2.30. The largest absolute Gasteiger partial charge is 0.380 e. The van der Waals surface area contributed by atoms with E-state index in [1.807, 2.05) is 13.8 Å². The predicted octanol–water partition coefficient (Wildman–Crippen LogP) is 0.714. The second-order valence-electron chi connectivity index (χ2n) is 4.93. The minimum atomic E-state index is -0.929. The fraction of sp³-hybridized carbons (Fsp3) is 1.00. The Balaban J connectivity index is 2.44. The number of hydrogen-bond acceptors (Lipinski definition) is 4. The van der Waals surface area contributed by atoms with Gasteiger partial charge in [0.1, 0.15) is 0 Å². The summed E-state index contributed by atoms with van der Waals surface area (Å²) >= 11 is 0. The van der Waals surface area contributed by atoms with Crippen LogP contribution in [0.1, 0.15) is 46.0 Å². The number of ether oxygens (including phenoxy) is 3. The Hall–Kier alpha value is 0.0569. The summed E-state index contributed by atoms with van der Waals surface area (Å²) in [7, 11) is 1.04. The molecule has 0 bridgehead atoms. The van der Waals surface area contributed by atoms with E-state index in [4.69, 9.17) is 19.9 Å². The molecule has 1 saturated heterocycles. The third kappa shape index (κ3) is 5.05. The Morgan fingerprint density at radius 2 is 1.94 bits per heavy atom. The first-order chi connectivity index (χ1) is 8.04. The van der Waals surface area contributed by atoms with Crippen LogP contribution in [-0.4, -0.2) is 41.2 Å². The van der Waals surface area contributed by atoms with Crippen molar-refractivity contribution < 1.29 is 14.2 Å². The average Bonchev–Trinajstić information content (AvgIpc) is 2.29. The molecule has 102 valence electrons. The number of nitrogens with two attached hydrogens (primary N) is 1. The molecule has 0 radical (unpaired) electrons. The molecule has 2 N–H and O–H groups in total. The van der Waals surface area contributed by atoms with Gasteiger partial charge in [-0.2, -0.15) is 0 Å². The zero-order valence-electron chi connectivity index (χ0n) is 11.5. The zero-order valence-corrected chi connectivity index (χ0v) is 13.5. The SMILES string of the molecule is CCOC(N)(CCC1([SiH3])CCCCO1)OCC. The lowest BCUT2D eigenvalue weighted by Crippen LogP contribution is -2.48. The molecule has 0 spiro atoms. The van der Waals surface area contributed by atoms with Crippen molar-refractivity contribution in [2.75, 3.05) is 19.8 Å². The minimum absolute atomic E-state index is 0.0804. The molecule has 4 nitrogen and oxygen atoms in total. The quantitative estimate of drug-likeness (QED) is 0.542. The number of hydrogen-bond donors (Lipinski definition) is 1. The van der Waals surface area contributed by atoms with Gasteiger partial charge < -0.3 is 14.2 Å². The Bertz CT molecular complexity index is 214. The summed E-state index contributed by atoms with van der Waals surface area (Å²) < 4.78 is 17.0. The van der Waals surface area contributed by atoms with E-state index in [-0.39, 0.29) is 5.22 Å². The average molecular weight is 261 g/mol. The molecule has 0 aliphatic carbocycles. The Kier molecular flexibility index (Phi) is 6.09. The van der Waals surface area contributed by atoms with Crippen LogP contribution in [0.15, 0.2) is 0 Å². The zero-order chi connectivity index (χ0) is 12.8. The van der Waals surface area contributed by atoms with Crippen molar-refractivity contribution in [3.05, 3.63) is 0 Å². The van der Waals surface area contributed by atoms with Gasteiger partial charge in [-0.3, -0.25) is 5.73 Å². The molecule has 0 amide bonds. The normalized spacial score (nSPS) is 26.3. The molecule has 17 heavy (non-hydrogen) atoms. The summed E-state index contributed by atoms with van der Waals surface area (Å²) in [6, 6.07) is 0. The molecule has 0 saturated carbocycles. The summed E-state index contributed by atoms with van der Waals surface area (Å²) in [5.74, 6) is -0.929. The van der Waals surface area contributed by atoms with Gasteiger partial charge in [-0.15, -0.1) is 0 Å². The first-order valence-corrected chi connectivity index (χ1v) is 7.74. The van der Waals surface area contributed by atoms with Crippen molar-refractivity contribution in [2.24, 2.45) is 5.73 Å². The lowest BCUT2D eigenvalue weighted by atomic mass is 10.0. The molecule has 1 aliphatic heterocycles. The van der Waals surface area contributed by atoms with E-state index in [1.54, 1.807) is 0 Å². The van der Waals surface area contributed by atoms with Crippen LogP contribution >= 0.6 is 0 Å². The Morgan fingerprint density at radius 1 is 1.29 bits per heavy atom. The molecule has 1 rings (SSSR count). The maximum atomic E-state index is 6.11. The molecule has 5 heteroatoms. The highest BCUT2D eigenvalue weighted by atomic mass is 28.1. The molecule has 1 unspecified atom stereocenters. The highest BCUT2D eigenvalue weighted by Crippen LogP contribution is 2.29. The molecule has 1 heterocycles. The van der Waals surface area contributed by atoms with Gasteiger partial charge in [0.25, 0.3) is 0 Å². The van der Waals surface area contributed by atoms with Crippen molar-refractivity contribution in [1.29, 1.82) is 0 Å². The van der Waals surface area contributed by atoms with E-state index in [0.29, 0.717) is 19.6 Å². The second-order valence-corrected chi connectivity index (χ2v) is 6.76. The van der Waals surface area contributed by atoms with E-state index in [1.165, 1.54) is 12.8 Å². The summed E-state index contributed by atoms with van der Waals surface area (Å²) in [6.45, 7) is 5.92. The van der Waals surface area contributed by atoms with Crippen LogP contribution in [0.5, 0.6) is 0 Å². The second kappa shape index (κ2) is 6.85. The van der Waals surface area contributed by atoms with Crippen LogP contribution in [-0.2, 0) is 14.2 Å². The topological polar surface area (TPSA) is 53.7 Å². The van der Waals surface area contributed by atoms with E-state index < -0.39 is 5.91 Å². The molecule has 0 aromatic carbocycles. The summed E-state index contributed by atoms with van der Waals surface area (Å²) in [5.41, 5.74) is 6.11. The third-order valence-corrected chi connectivity index (χ3v) is 4.62. The predicted molar refractivity (Wildman–Crippen MR) is 71.9 cm³/mol. The van der Waals surface area contributed by atoms with Crippen molar-refractivity contribution in [3.8, 4) is 0 Å². The monoisotopic (exact) mass is 261 g/mol. The lowest BCUT2D eigenvalue weighted by Gasteiger charge is -2.37. The molecule has 1 aliphatic rings. The lowest BCUT2D eigenvalue weighted by molar-refractivity contribution is -0.237. The van der Waals surface area contributed by atoms with Crippen molar-refractivity contribution >= 4 is 10.2 Å². The van der Waals surface area contributed by atoms with Crippen molar-refractivity contribution in [2.45, 2.75) is 57.1 Å². The van der Waals surface area contributed by atoms with E-state index >= 15 is 0 Å². The van der Waals surface area contributed by atoms with Gasteiger partial charge in [-0.1, -0.05) is 0 Å². The van der Waals surface area contributed by atoms with Gasteiger partial charge >= 0.3 is 0 Å². The highest BCUT2D eigenvalue weighted by Gasteiger charge is 2.33. The van der Waals surface area contributed by atoms with Gasteiger partial charge in [-0.05, 0) is 39.5 Å². The van der Waals surface area contributed by atoms with Crippen LogP contribution in [0.3, 0.4) is 0 Å². The summed E-state index contributed by atoms with van der Waals surface area (Å²) in [4.78, 5) is 0. The first kappa shape index (κ1) is 15.1. The highest BCUT2D eigenvalue weighted by molar-refractivity contribution is 6.14. The van der Waals surface area contributed by atoms with Crippen LogP contribution in [0.2, 0.25) is 0 Å².